The highest BCUT2D eigenvalue weighted by molar-refractivity contribution is 5.79. The lowest BCUT2D eigenvalue weighted by atomic mass is 9.85. The van der Waals surface area contributed by atoms with Crippen LogP contribution in [0.1, 0.15) is 57.6 Å². The van der Waals surface area contributed by atoms with Gasteiger partial charge in [-0.3, -0.25) is 9.59 Å². The van der Waals surface area contributed by atoms with E-state index in [9.17, 15) is 9.59 Å². The van der Waals surface area contributed by atoms with Crippen molar-refractivity contribution in [1.29, 1.82) is 0 Å². The number of nitrogens with zero attached hydrogens (tertiary/aromatic N) is 1. The highest BCUT2D eigenvalue weighted by Crippen LogP contribution is 2.29. The maximum absolute atomic E-state index is 12.8. The summed E-state index contributed by atoms with van der Waals surface area (Å²) in [5.74, 6) is 1.23. The van der Waals surface area contributed by atoms with Crippen molar-refractivity contribution in [3.8, 4) is 5.75 Å². The fourth-order valence-corrected chi connectivity index (χ4v) is 3.71. The predicted octanol–water partition coefficient (Wildman–Crippen LogP) is 3.30. The maximum Gasteiger partial charge on any atom is 0.224 e. The van der Waals surface area contributed by atoms with Gasteiger partial charge in [0.2, 0.25) is 11.8 Å². The van der Waals surface area contributed by atoms with Gasteiger partial charge in [0.1, 0.15) is 5.75 Å². The zero-order chi connectivity index (χ0) is 18.4. The van der Waals surface area contributed by atoms with E-state index in [1.807, 2.05) is 36.2 Å². The number of amides is 2. The standard InChI is InChI=1S/C20H30N2O3/c1-14-7-5-6-8-19(14)22(3)20(24)13-18(21-15(2)23)16-9-11-17(25-4)12-10-16/h9-12,14,18-19H,5-8,13H2,1-4H3,(H,21,23). The molecule has 0 saturated heterocycles. The molecule has 3 unspecified atom stereocenters. The minimum Gasteiger partial charge on any atom is -0.497 e. The molecule has 0 radical (unpaired) electrons. The van der Waals surface area contributed by atoms with Crippen molar-refractivity contribution in [2.75, 3.05) is 14.2 Å². The van der Waals surface area contributed by atoms with Gasteiger partial charge in [0, 0.05) is 20.0 Å². The van der Waals surface area contributed by atoms with Gasteiger partial charge in [0.15, 0.2) is 0 Å². The first-order valence-corrected chi connectivity index (χ1v) is 9.09. The van der Waals surface area contributed by atoms with Crippen molar-refractivity contribution in [2.45, 2.75) is 58.0 Å². The van der Waals surface area contributed by atoms with Crippen LogP contribution in [0.15, 0.2) is 24.3 Å². The van der Waals surface area contributed by atoms with Gasteiger partial charge in [-0.2, -0.15) is 0 Å². The van der Waals surface area contributed by atoms with Crippen LogP contribution < -0.4 is 10.1 Å². The first-order chi connectivity index (χ1) is 11.9. The van der Waals surface area contributed by atoms with Crippen molar-refractivity contribution in [2.24, 2.45) is 5.92 Å². The zero-order valence-corrected chi connectivity index (χ0v) is 15.7. The predicted molar refractivity (Wildman–Crippen MR) is 98.4 cm³/mol. The lowest BCUT2D eigenvalue weighted by molar-refractivity contribution is -0.134. The molecule has 5 heteroatoms. The Morgan fingerprint density at radius 2 is 1.88 bits per heavy atom. The van der Waals surface area contributed by atoms with Gasteiger partial charge in [-0.15, -0.1) is 0 Å². The highest BCUT2D eigenvalue weighted by Gasteiger charge is 2.29. The summed E-state index contributed by atoms with van der Waals surface area (Å²) in [7, 11) is 3.51. The van der Waals surface area contributed by atoms with Crippen LogP contribution in [0.3, 0.4) is 0 Å². The summed E-state index contributed by atoms with van der Waals surface area (Å²) in [5, 5.41) is 2.91. The van der Waals surface area contributed by atoms with E-state index in [-0.39, 0.29) is 24.3 Å². The monoisotopic (exact) mass is 346 g/mol. The van der Waals surface area contributed by atoms with Gasteiger partial charge >= 0.3 is 0 Å². The highest BCUT2D eigenvalue weighted by atomic mass is 16.5. The number of rotatable bonds is 6. The van der Waals surface area contributed by atoms with E-state index in [0.717, 1.165) is 17.7 Å². The maximum atomic E-state index is 12.8. The molecule has 1 aromatic carbocycles. The Morgan fingerprint density at radius 1 is 1.24 bits per heavy atom. The van der Waals surface area contributed by atoms with Crippen LogP contribution in [0.25, 0.3) is 0 Å². The number of carbonyl (C=O) groups excluding carboxylic acids is 2. The molecule has 25 heavy (non-hydrogen) atoms. The fraction of sp³-hybridized carbons (Fsp3) is 0.600. The summed E-state index contributed by atoms with van der Waals surface area (Å²) in [5.41, 5.74) is 0.912. The summed E-state index contributed by atoms with van der Waals surface area (Å²) < 4.78 is 5.18. The summed E-state index contributed by atoms with van der Waals surface area (Å²) in [6.07, 6.45) is 4.94. The molecule has 0 bridgehead atoms. The van der Waals surface area contributed by atoms with Gasteiger partial charge in [-0.05, 0) is 36.5 Å². The van der Waals surface area contributed by atoms with E-state index >= 15 is 0 Å². The number of hydrogen-bond acceptors (Lipinski definition) is 3. The van der Waals surface area contributed by atoms with Gasteiger partial charge in [-0.1, -0.05) is 31.9 Å². The third-order valence-electron chi connectivity index (χ3n) is 5.23. The Balaban J connectivity index is 2.09. The first-order valence-electron chi connectivity index (χ1n) is 9.09. The molecule has 0 aromatic heterocycles. The lowest BCUT2D eigenvalue weighted by Crippen LogP contribution is -2.44. The molecule has 138 valence electrons. The minimum atomic E-state index is -0.322. The lowest BCUT2D eigenvalue weighted by Gasteiger charge is -2.37. The molecule has 0 heterocycles. The van der Waals surface area contributed by atoms with Gasteiger partial charge < -0.3 is 15.0 Å². The Labute approximate surface area is 150 Å². The summed E-state index contributed by atoms with van der Waals surface area (Å²) in [6, 6.07) is 7.47. The molecule has 1 N–H and O–H groups in total. The van der Waals surface area contributed by atoms with Crippen molar-refractivity contribution < 1.29 is 14.3 Å². The molecule has 0 aliphatic heterocycles. The molecular formula is C20H30N2O3. The normalized spacial score (nSPS) is 21.3. The quantitative estimate of drug-likeness (QED) is 0.860. The van der Waals surface area contributed by atoms with Crippen LogP contribution in [0, 0.1) is 5.92 Å². The van der Waals surface area contributed by atoms with Crippen LogP contribution in [0.4, 0.5) is 0 Å². The number of ether oxygens (including phenoxy) is 1. The Hall–Kier alpha value is -2.04. The molecule has 1 aliphatic rings. The van der Waals surface area contributed by atoms with Crippen LogP contribution in [0.2, 0.25) is 0 Å². The number of nitrogens with one attached hydrogen (secondary N) is 1. The van der Waals surface area contributed by atoms with Crippen molar-refractivity contribution >= 4 is 11.8 Å². The first kappa shape index (κ1) is 19.3. The van der Waals surface area contributed by atoms with Crippen molar-refractivity contribution in [3.05, 3.63) is 29.8 Å². The van der Waals surface area contributed by atoms with Gasteiger partial charge in [0.05, 0.1) is 19.6 Å². The third-order valence-corrected chi connectivity index (χ3v) is 5.23. The average molecular weight is 346 g/mol. The Kier molecular flexibility index (Phi) is 6.85. The smallest absolute Gasteiger partial charge is 0.224 e. The van der Waals surface area contributed by atoms with Gasteiger partial charge in [-0.25, -0.2) is 0 Å². The molecule has 2 amide bonds. The van der Waals surface area contributed by atoms with E-state index in [1.54, 1.807) is 7.11 Å². The van der Waals surface area contributed by atoms with Crippen LogP contribution in [-0.4, -0.2) is 36.9 Å². The Bertz CT molecular complexity index is 585. The van der Waals surface area contributed by atoms with E-state index in [2.05, 4.69) is 12.2 Å². The number of methoxy groups -OCH3 is 1. The number of carbonyl (C=O) groups is 2. The Morgan fingerprint density at radius 3 is 2.44 bits per heavy atom. The fourth-order valence-electron chi connectivity index (χ4n) is 3.71. The molecule has 2 rings (SSSR count). The molecule has 1 fully saturated rings. The average Bonchev–Trinajstić information content (AvgIpc) is 2.60. The summed E-state index contributed by atoms with van der Waals surface area (Å²) in [6.45, 7) is 3.70. The van der Waals surface area contributed by atoms with Crippen molar-refractivity contribution in [3.63, 3.8) is 0 Å². The molecule has 1 aliphatic carbocycles. The second-order valence-electron chi connectivity index (χ2n) is 7.06. The number of benzene rings is 1. The van der Waals surface area contributed by atoms with Gasteiger partial charge in [0.25, 0.3) is 0 Å². The zero-order valence-electron chi connectivity index (χ0n) is 15.7. The van der Waals surface area contributed by atoms with E-state index in [4.69, 9.17) is 4.74 Å². The second kappa shape index (κ2) is 8.88. The summed E-state index contributed by atoms with van der Waals surface area (Å²) >= 11 is 0. The SMILES string of the molecule is COc1ccc(C(CC(=O)N(C)C2CCCCC2C)NC(C)=O)cc1. The van der Waals surface area contributed by atoms with Crippen molar-refractivity contribution in [1.82, 2.24) is 10.2 Å². The molecular weight excluding hydrogens is 316 g/mol. The molecule has 1 saturated carbocycles. The van der Waals surface area contributed by atoms with Crippen LogP contribution in [0.5, 0.6) is 5.75 Å². The van der Waals surface area contributed by atoms with E-state index in [1.165, 1.54) is 26.2 Å². The van der Waals surface area contributed by atoms with Crippen LogP contribution >= 0.6 is 0 Å². The number of hydrogen-bond donors (Lipinski definition) is 1. The van der Waals surface area contributed by atoms with E-state index < -0.39 is 0 Å². The van der Waals surface area contributed by atoms with E-state index in [0.29, 0.717) is 12.0 Å². The molecule has 5 nitrogen and oxygen atoms in total. The largest absolute Gasteiger partial charge is 0.497 e. The molecule has 3 atom stereocenters. The van der Waals surface area contributed by atoms with Crippen LogP contribution in [-0.2, 0) is 9.59 Å². The second-order valence-corrected chi connectivity index (χ2v) is 7.06. The minimum absolute atomic E-state index is 0.0771. The molecule has 1 aromatic rings. The third kappa shape index (κ3) is 5.21. The molecule has 0 spiro atoms. The summed E-state index contributed by atoms with van der Waals surface area (Å²) in [4.78, 5) is 26.3. The topological polar surface area (TPSA) is 58.6 Å².